The van der Waals surface area contributed by atoms with Gasteiger partial charge < -0.3 is 0 Å². The molecule has 2 aromatic rings. The van der Waals surface area contributed by atoms with Gasteiger partial charge in [0.15, 0.2) is 0 Å². The van der Waals surface area contributed by atoms with Crippen LogP contribution in [-0.2, 0) is 0 Å². The van der Waals surface area contributed by atoms with Crippen molar-refractivity contribution in [2.75, 3.05) is 0 Å². The third-order valence-corrected chi connectivity index (χ3v) is 7.22. The Morgan fingerprint density at radius 2 is 1.52 bits per heavy atom. The Balaban J connectivity index is 1.50. The van der Waals surface area contributed by atoms with Gasteiger partial charge >= 0.3 is 0 Å². The first kappa shape index (κ1) is 20.1. The van der Waals surface area contributed by atoms with E-state index in [0.717, 1.165) is 47.3 Å². The summed E-state index contributed by atoms with van der Waals surface area (Å²) in [5, 5.41) is 0. The van der Waals surface area contributed by atoms with Crippen LogP contribution in [0.2, 0.25) is 0 Å². The van der Waals surface area contributed by atoms with Crippen molar-refractivity contribution in [2.24, 2.45) is 17.8 Å². The standard InChI is InChI=1S/C27H30F2/c1-3-19-8-10-22-15-23(12-11-21(22)14-19)24-16-26(28)25(27(29)17-24)13-9-20-6-4-18(2)5-7-20/h4-7,16-17,19,21-23H,3,8,10-12,14-15H2,1-2H3/t19?,21-,22-,23-/m1/s1. The fourth-order valence-corrected chi connectivity index (χ4v) is 5.38. The van der Waals surface area contributed by atoms with Gasteiger partial charge in [0.25, 0.3) is 0 Å². The lowest BCUT2D eigenvalue weighted by molar-refractivity contribution is 0.116. The summed E-state index contributed by atoms with van der Waals surface area (Å²) in [5.41, 5.74) is 2.60. The Morgan fingerprint density at radius 1 is 0.862 bits per heavy atom. The number of halogens is 2. The summed E-state index contributed by atoms with van der Waals surface area (Å²) in [4.78, 5) is 0. The molecule has 4 rings (SSSR count). The summed E-state index contributed by atoms with van der Waals surface area (Å²) in [6.45, 7) is 4.30. The van der Waals surface area contributed by atoms with Gasteiger partial charge in [-0.2, -0.15) is 0 Å². The van der Waals surface area contributed by atoms with Gasteiger partial charge in [0.1, 0.15) is 11.6 Å². The molecular formula is C27H30F2. The van der Waals surface area contributed by atoms with Crippen molar-refractivity contribution in [2.45, 2.75) is 64.7 Å². The second kappa shape index (κ2) is 8.70. The molecular weight excluding hydrogens is 362 g/mol. The zero-order valence-electron chi connectivity index (χ0n) is 17.5. The predicted octanol–water partition coefficient (Wildman–Crippen LogP) is 7.38. The van der Waals surface area contributed by atoms with Crippen molar-refractivity contribution >= 4 is 0 Å². The highest BCUT2D eigenvalue weighted by atomic mass is 19.1. The minimum Gasteiger partial charge on any atom is -0.206 e. The van der Waals surface area contributed by atoms with Crippen LogP contribution in [0.5, 0.6) is 0 Å². The van der Waals surface area contributed by atoms with Crippen molar-refractivity contribution in [3.63, 3.8) is 0 Å². The maximum Gasteiger partial charge on any atom is 0.142 e. The molecule has 0 bridgehead atoms. The molecule has 0 amide bonds. The zero-order valence-corrected chi connectivity index (χ0v) is 17.5. The van der Waals surface area contributed by atoms with Crippen LogP contribution < -0.4 is 0 Å². The molecule has 2 aliphatic rings. The van der Waals surface area contributed by atoms with Crippen LogP contribution in [0.15, 0.2) is 36.4 Å². The fourth-order valence-electron chi connectivity index (χ4n) is 5.38. The summed E-state index contributed by atoms with van der Waals surface area (Å²) < 4.78 is 29.4. The van der Waals surface area contributed by atoms with Gasteiger partial charge in [-0.1, -0.05) is 49.3 Å². The molecule has 2 aromatic carbocycles. The minimum atomic E-state index is -0.531. The van der Waals surface area contributed by atoms with E-state index in [9.17, 15) is 8.78 Å². The van der Waals surface area contributed by atoms with Gasteiger partial charge in [0, 0.05) is 5.56 Å². The molecule has 0 N–H and O–H groups in total. The van der Waals surface area contributed by atoms with Crippen molar-refractivity contribution in [3.05, 3.63) is 70.3 Å². The van der Waals surface area contributed by atoms with E-state index in [1.807, 2.05) is 31.2 Å². The lowest BCUT2D eigenvalue weighted by Gasteiger charge is -2.42. The maximum atomic E-state index is 14.7. The summed E-state index contributed by atoms with van der Waals surface area (Å²) in [6, 6.07) is 10.7. The van der Waals surface area contributed by atoms with E-state index in [1.165, 1.54) is 44.2 Å². The normalized spacial score (nSPS) is 26.3. The minimum absolute atomic E-state index is 0.119. The lowest BCUT2D eigenvalue weighted by atomic mass is 9.63. The highest BCUT2D eigenvalue weighted by Gasteiger charge is 2.35. The molecule has 2 heteroatoms. The number of rotatable bonds is 2. The van der Waals surface area contributed by atoms with Gasteiger partial charge in [0.05, 0.1) is 5.56 Å². The maximum absolute atomic E-state index is 14.7. The molecule has 2 fully saturated rings. The first-order valence-electron chi connectivity index (χ1n) is 11.1. The number of hydrogen-bond donors (Lipinski definition) is 0. The van der Waals surface area contributed by atoms with E-state index < -0.39 is 11.6 Å². The lowest BCUT2D eigenvalue weighted by Crippen LogP contribution is -2.30. The van der Waals surface area contributed by atoms with Crippen LogP contribution in [0.25, 0.3) is 0 Å². The topological polar surface area (TPSA) is 0 Å². The fraction of sp³-hybridized carbons (Fsp3) is 0.481. The monoisotopic (exact) mass is 392 g/mol. The molecule has 1 unspecified atom stereocenters. The predicted molar refractivity (Wildman–Crippen MR) is 115 cm³/mol. The SMILES string of the molecule is CCC1CC[C@@H]2C[C@H](c3cc(F)c(C#Cc4ccc(C)cc4)c(F)c3)CC[C@@H]2C1. The van der Waals surface area contributed by atoms with E-state index >= 15 is 0 Å². The van der Waals surface area contributed by atoms with Crippen LogP contribution in [0.3, 0.4) is 0 Å². The quantitative estimate of drug-likeness (QED) is 0.468. The van der Waals surface area contributed by atoms with Gasteiger partial charge in [-0.05, 0) is 92.5 Å². The van der Waals surface area contributed by atoms with Gasteiger partial charge in [-0.25, -0.2) is 8.78 Å². The van der Waals surface area contributed by atoms with Crippen molar-refractivity contribution < 1.29 is 8.78 Å². The van der Waals surface area contributed by atoms with Crippen LogP contribution >= 0.6 is 0 Å². The zero-order chi connectivity index (χ0) is 20.4. The molecule has 0 radical (unpaired) electrons. The van der Waals surface area contributed by atoms with Crippen molar-refractivity contribution in [3.8, 4) is 11.8 Å². The average molecular weight is 393 g/mol. The molecule has 152 valence electrons. The van der Waals surface area contributed by atoms with Gasteiger partial charge in [-0.15, -0.1) is 0 Å². The third kappa shape index (κ3) is 4.55. The van der Waals surface area contributed by atoms with E-state index in [2.05, 4.69) is 18.8 Å². The summed E-state index contributed by atoms with van der Waals surface area (Å²) in [7, 11) is 0. The molecule has 0 nitrogen and oxygen atoms in total. The van der Waals surface area contributed by atoms with E-state index in [1.54, 1.807) is 0 Å². The van der Waals surface area contributed by atoms with E-state index in [-0.39, 0.29) is 11.5 Å². The molecule has 29 heavy (non-hydrogen) atoms. The van der Waals surface area contributed by atoms with E-state index in [4.69, 9.17) is 0 Å². The number of hydrogen-bond acceptors (Lipinski definition) is 0. The summed E-state index contributed by atoms with van der Waals surface area (Å²) in [6.07, 6.45) is 8.56. The van der Waals surface area contributed by atoms with Crippen LogP contribution in [0.4, 0.5) is 8.78 Å². The molecule has 0 aliphatic heterocycles. The smallest absolute Gasteiger partial charge is 0.142 e. The second-order valence-corrected chi connectivity index (χ2v) is 9.09. The molecule has 2 saturated carbocycles. The van der Waals surface area contributed by atoms with Crippen LogP contribution in [0, 0.1) is 48.2 Å². The molecule has 0 spiro atoms. The second-order valence-electron chi connectivity index (χ2n) is 9.09. The molecule has 0 aromatic heterocycles. The average Bonchev–Trinajstić information content (AvgIpc) is 2.73. The molecule has 0 heterocycles. The largest absolute Gasteiger partial charge is 0.206 e. The Labute approximate surface area is 173 Å². The van der Waals surface area contributed by atoms with E-state index in [0.29, 0.717) is 0 Å². The summed E-state index contributed by atoms with van der Waals surface area (Å²) in [5.74, 6) is 7.23. The third-order valence-electron chi connectivity index (χ3n) is 7.22. The summed E-state index contributed by atoms with van der Waals surface area (Å²) >= 11 is 0. The first-order valence-corrected chi connectivity index (χ1v) is 11.1. The Bertz CT molecular complexity index is 893. The van der Waals surface area contributed by atoms with Crippen molar-refractivity contribution in [1.82, 2.24) is 0 Å². The highest BCUT2D eigenvalue weighted by Crippen LogP contribution is 2.48. The number of aryl methyl sites for hydroxylation is 1. The van der Waals surface area contributed by atoms with Crippen LogP contribution in [-0.4, -0.2) is 0 Å². The van der Waals surface area contributed by atoms with Gasteiger partial charge in [-0.3, -0.25) is 0 Å². The van der Waals surface area contributed by atoms with Crippen LogP contribution in [0.1, 0.15) is 80.0 Å². The molecule has 0 saturated heterocycles. The van der Waals surface area contributed by atoms with Gasteiger partial charge in [0.2, 0.25) is 0 Å². The number of fused-ring (bicyclic) bond motifs is 1. The molecule has 2 aliphatic carbocycles. The molecule has 4 atom stereocenters. The van der Waals surface area contributed by atoms with Crippen molar-refractivity contribution in [1.29, 1.82) is 0 Å². The highest BCUT2D eigenvalue weighted by molar-refractivity contribution is 5.46. The Morgan fingerprint density at radius 3 is 2.21 bits per heavy atom. The number of benzene rings is 2. The Kier molecular flexibility index (Phi) is 6.04. The first-order chi connectivity index (χ1) is 14.0. The Hall–Kier alpha value is -2.14.